The van der Waals surface area contributed by atoms with Crippen LogP contribution in [0, 0.1) is 0 Å². The first-order chi connectivity index (χ1) is 7.65. The average molecular weight is 276 g/mol. The molecule has 0 aliphatic heterocycles. The molecule has 0 unspecified atom stereocenters. The normalized spacial score (nSPS) is 10.2. The minimum absolute atomic E-state index is 0.0773. The lowest BCUT2D eigenvalue weighted by molar-refractivity contribution is 0.478. The lowest BCUT2D eigenvalue weighted by atomic mass is 10.3. The van der Waals surface area contributed by atoms with Gasteiger partial charge in [0, 0.05) is 5.02 Å². The lowest BCUT2D eigenvalue weighted by Gasteiger charge is -2.06. The largest absolute Gasteiger partial charge is 0.452 e. The highest BCUT2D eigenvalue weighted by molar-refractivity contribution is 6.32. The van der Waals surface area contributed by atoms with Crippen LogP contribution in [0.15, 0.2) is 30.5 Å². The molecule has 0 atom stereocenters. The van der Waals surface area contributed by atoms with Crippen molar-refractivity contribution in [3.8, 4) is 11.5 Å². The number of ether oxygens (including phenoxy) is 1. The monoisotopic (exact) mass is 274 g/mol. The predicted octanol–water partition coefficient (Wildman–Crippen LogP) is 4.23. The molecule has 0 aliphatic carbocycles. The van der Waals surface area contributed by atoms with E-state index >= 15 is 0 Å². The summed E-state index contributed by atoms with van der Waals surface area (Å²) >= 11 is 17.1. The van der Waals surface area contributed by atoms with Gasteiger partial charge >= 0.3 is 0 Å². The summed E-state index contributed by atoms with van der Waals surface area (Å²) in [5.74, 6) is 0.936. The molecular weight excluding hydrogens is 270 g/mol. The van der Waals surface area contributed by atoms with Crippen molar-refractivity contribution in [1.29, 1.82) is 0 Å². The van der Waals surface area contributed by atoms with Gasteiger partial charge in [0.2, 0.25) is 5.28 Å². The maximum absolute atomic E-state index is 5.82. The minimum atomic E-state index is 0.0773. The van der Waals surface area contributed by atoms with Gasteiger partial charge in [0.05, 0.1) is 6.20 Å². The van der Waals surface area contributed by atoms with Crippen molar-refractivity contribution in [3.63, 3.8) is 0 Å². The Kier molecular flexibility index (Phi) is 3.49. The summed E-state index contributed by atoms with van der Waals surface area (Å²) in [4.78, 5) is 7.53. The zero-order chi connectivity index (χ0) is 11.5. The minimum Gasteiger partial charge on any atom is -0.452 e. The van der Waals surface area contributed by atoms with Crippen molar-refractivity contribution >= 4 is 34.8 Å². The molecule has 6 heteroatoms. The van der Waals surface area contributed by atoms with Crippen LogP contribution < -0.4 is 4.74 Å². The van der Waals surface area contributed by atoms with E-state index in [4.69, 9.17) is 39.5 Å². The summed E-state index contributed by atoms with van der Waals surface area (Å²) < 4.78 is 5.44. The molecule has 2 aromatic rings. The molecule has 82 valence electrons. The first-order valence-corrected chi connectivity index (χ1v) is 5.40. The molecule has 0 radical (unpaired) electrons. The molecule has 0 amide bonds. The number of hydrogen-bond acceptors (Lipinski definition) is 3. The SMILES string of the molecule is Clc1ccc(Oc2cnc(Cl)nc2Cl)cc1. The van der Waals surface area contributed by atoms with E-state index in [-0.39, 0.29) is 10.4 Å². The van der Waals surface area contributed by atoms with E-state index in [1.165, 1.54) is 6.20 Å². The van der Waals surface area contributed by atoms with Crippen LogP contribution in [0.1, 0.15) is 0 Å². The molecular formula is C10H5Cl3N2O. The van der Waals surface area contributed by atoms with Gasteiger partial charge in [0.1, 0.15) is 5.75 Å². The smallest absolute Gasteiger partial charge is 0.224 e. The molecule has 1 aromatic carbocycles. The Morgan fingerprint density at radius 3 is 2.31 bits per heavy atom. The Morgan fingerprint density at radius 1 is 1.00 bits per heavy atom. The Labute approximate surface area is 107 Å². The third-order valence-corrected chi connectivity index (χ3v) is 2.43. The van der Waals surface area contributed by atoms with Crippen LogP contribution in [-0.4, -0.2) is 9.97 Å². The van der Waals surface area contributed by atoms with Crippen LogP contribution in [0.4, 0.5) is 0 Å². The number of benzene rings is 1. The third-order valence-electron chi connectivity index (χ3n) is 1.72. The van der Waals surface area contributed by atoms with Gasteiger partial charge in [0.15, 0.2) is 10.9 Å². The summed E-state index contributed by atoms with van der Waals surface area (Å²) in [5.41, 5.74) is 0. The maximum atomic E-state index is 5.82. The molecule has 1 heterocycles. The van der Waals surface area contributed by atoms with Crippen LogP contribution in [0.5, 0.6) is 11.5 Å². The fraction of sp³-hybridized carbons (Fsp3) is 0. The summed E-state index contributed by atoms with van der Waals surface area (Å²) in [6, 6.07) is 6.85. The molecule has 0 N–H and O–H groups in total. The quantitative estimate of drug-likeness (QED) is 0.608. The van der Waals surface area contributed by atoms with Gasteiger partial charge in [-0.1, -0.05) is 23.2 Å². The van der Waals surface area contributed by atoms with Crippen molar-refractivity contribution in [2.45, 2.75) is 0 Å². The Hall–Kier alpha value is -1.03. The molecule has 3 nitrogen and oxygen atoms in total. The molecule has 16 heavy (non-hydrogen) atoms. The second-order valence-electron chi connectivity index (χ2n) is 2.85. The molecule has 0 bridgehead atoms. The highest BCUT2D eigenvalue weighted by atomic mass is 35.5. The van der Waals surface area contributed by atoms with Gasteiger partial charge in [-0.3, -0.25) is 0 Å². The van der Waals surface area contributed by atoms with Gasteiger partial charge in [-0.05, 0) is 35.9 Å². The second kappa shape index (κ2) is 4.87. The van der Waals surface area contributed by atoms with E-state index in [2.05, 4.69) is 9.97 Å². The molecule has 2 rings (SSSR count). The van der Waals surface area contributed by atoms with Crippen LogP contribution in [0.2, 0.25) is 15.5 Å². The van der Waals surface area contributed by atoms with E-state index in [0.717, 1.165) is 0 Å². The molecule has 0 aliphatic rings. The van der Waals surface area contributed by atoms with Gasteiger partial charge < -0.3 is 4.74 Å². The first kappa shape index (κ1) is 11.5. The highest BCUT2D eigenvalue weighted by Crippen LogP contribution is 2.28. The number of aromatic nitrogens is 2. The topological polar surface area (TPSA) is 35.0 Å². The average Bonchev–Trinajstić information content (AvgIpc) is 2.25. The number of halogens is 3. The van der Waals surface area contributed by atoms with Crippen LogP contribution in [0.25, 0.3) is 0 Å². The molecule has 0 spiro atoms. The predicted molar refractivity (Wildman–Crippen MR) is 63.6 cm³/mol. The van der Waals surface area contributed by atoms with Crippen molar-refractivity contribution in [1.82, 2.24) is 9.97 Å². The summed E-state index contributed by atoms with van der Waals surface area (Å²) in [6.45, 7) is 0. The fourth-order valence-corrected chi connectivity index (χ4v) is 1.50. The first-order valence-electron chi connectivity index (χ1n) is 4.26. The van der Waals surface area contributed by atoms with E-state index in [0.29, 0.717) is 16.5 Å². The Bertz CT molecular complexity index is 502. The molecule has 0 saturated carbocycles. The standard InChI is InChI=1S/C10H5Cl3N2O/c11-6-1-3-7(4-2-6)16-8-5-14-10(13)15-9(8)12/h1-5H. The van der Waals surface area contributed by atoms with Crippen LogP contribution >= 0.6 is 34.8 Å². The maximum Gasteiger partial charge on any atom is 0.224 e. The summed E-state index contributed by atoms with van der Waals surface area (Å²) in [5, 5.41) is 0.870. The number of nitrogens with zero attached hydrogens (tertiary/aromatic N) is 2. The third kappa shape index (κ3) is 2.76. The molecule has 0 fully saturated rings. The van der Waals surface area contributed by atoms with E-state index in [1.807, 2.05) is 0 Å². The zero-order valence-corrected chi connectivity index (χ0v) is 10.1. The van der Waals surface area contributed by atoms with E-state index < -0.39 is 0 Å². The van der Waals surface area contributed by atoms with Crippen LogP contribution in [0.3, 0.4) is 0 Å². The van der Waals surface area contributed by atoms with E-state index in [9.17, 15) is 0 Å². The summed E-state index contributed by atoms with van der Waals surface area (Å²) in [7, 11) is 0. The number of hydrogen-bond donors (Lipinski definition) is 0. The summed E-state index contributed by atoms with van der Waals surface area (Å²) in [6.07, 6.45) is 1.41. The van der Waals surface area contributed by atoms with Gasteiger partial charge in [0.25, 0.3) is 0 Å². The van der Waals surface area contributed by atoms with E-state index in [1.54, 1.807) is 24.3 Å². The second-order valence-corrected chi connectivity index (χ2v) is 3.98. The van der Waals surface area contributed by atoms with Crippen molar-refractivity contribution in [2.24, 2.45) is 0 Å². The lowest BCUT2D eigenvalue weighted by Crippen LogP contribution is -1.89. The van der Waals surface area contributed by atoms with Crippen molar-refractivity contribution in [2.75, 3.05) is 0 Å². The molecule has 0 saturated heterocycles. The fourth-order valence-electron chi connectivity index (χ4n) is 1.03. The van der Waals surface area contributed by atoms with Gasteiger partial charge in [-0.2, -0.15) is 0 Å². The Morgan fingerprint density at radius 2 is 1.69 bits per heavy atom. The zero-order valence-electron chi connectivity index (χ0n) is 7.82. The van der Waals surface area contributed by atoms with Gasteiger partial charge in [-0.15, -0.1) is 0 Å². The Balaban J connectivity index is 2.23. The van der Waals surface area contributed by atoms with Gasteiger partial charge in [-0.25, -0.2) is 9.97 Å². The highest BCUT2D eigenvalue weighted by Gasteiger charge is 2.06. The number of rotatable bonds is 2. The van der Waals surface area contributed by atoms with Crippen molar-refractivity contribution < 1.29 is 4.74 Å². The van der Waals surface area contributed by atoms with Crippen molar-refractivity contribution in [3.05, 3.63) is 45.9 Å². The molecule has 1 aromatic heterocycles. The van der Waals surface area contributed by atoms with Crippen LogP contribution in [-0.2, 0) is 0 Å².